The van der Waals surface area contributed by atoms with Crippen molar-refractivity contribution in [1.29, 1.82) is 0 Å². The predicted molar refractivity (Wildman–Crippen MR) is 157 cm³/mol. The maximum Gasteiger partial charge on any atom is 0.319 e. The fourth-order valence-electron chi connectivity index (χ4n) is 6.02. The second-order valence-corrected chi connectivity index (χ2v) is 11.7. The van der Waals surface area contributed by atoms with E-state index in [1.165, 1.54) is 16.2 Å². The number of benzene rings is 2. The molecule has 0 aliphatic carbocycles. The molecule has 2 aliphatic rings. The molecule has 2 fully saturated rings. The quantitative estimate of drug-likeness (QED) is 0.378. The highest BCUT2D eigenvalue weighted by Gasteiger charge is 2.26. The smallest absolute Gasteiger partial charge is 0.319 e. The van der Waals surface area contributed by atoms with Crippen molar-refractivity contribution in [2.75, 3.05) is 45.8 Å². The van der Waals surface area contributed by atoms with Crippen LogP contribution in [0, 0.1) is 5.92 Å². The van der Waals surface area contributed by atoms with Gasteiger partial charge in [0.25, 0.3) is 0 Å². The summed E-state index contributed by atoms with van der Waals surface area (Å²) in [4.78, 5) is 19.0. The van der Waals surface area contributed by atoms with Gasteiger partial charge in [-0.15, -0.1) is 5.10 Å². The van der Waals surface area contributed by atoms with Gasteiger partial charge in [0.2, 0.25) is 5.91 Å². The Morgan fingerprint density at radius 2 is 1.56 bits per heavy atom. The lowest BCUT2D eigenvalue weighted by Gasteiger charge is -2.39. The number of piperidine rings is 1. The molecule has 1 aromatic heterocycles. The number of carbonyl (C=O) groups excluding carboxylic acids is 1. The lowest BCUT2D eigenvalue weighted by Crippen LogP contribution is -2.48. The summed E-state index contributed by atoms with van der Waals surface area (Å²) < 4.78 is 1.50. The molecular formula is C31H42N6O4. The summed E-state index contributed by atoms with van der Waals surface area (Å²) in [5.74, 6) is 1.18. The van der Waals surface area contributed by atoms with Crippen LogP contribution in [0.25, 0.3) is 17.1 Å². The Hall–Kier alpha value is -3.63. The summed E-state index contributed by atoms with van der Waals surface area (Å²) in [5.41, 5.74) is 2.93. The molecular weight excluding hydrogens is 520 g/mol. The number of phenolic OH excluding ortho intramolecular Hbond substituents is 2. The Kier molecular flexibility index (Phi) is 8.79. The van der Waals surface area contributed by atoms with E-state index in [1.807, 2.05) is 49.9 Å². The molecule has 5 rings (SSSR count). The largest absolute Gasteiger partial charge is 0.508 e. The molecule has 3 aromatic rings. The molecule has 10 nitrogen and oxygen atoms in total. The Morgan fingerprint density at radius 3 is 2.20 bits per heavy atom. The second kappa shape index (κ2) is 12.5. The molecule has 220 valence electrons. The van der Waals surface area contributed by atoms with Crippen LogP contribution in [-0.2, 0) is 11.3 Å². The molecule has 41 heavy (non-hydrogen) atoms. The van der Waals surface area contributed by atoms with Crippen molar-refractivity contribution >= 4 is 5.91 Å². The van der Waals surface area contributed by atoms with Crippen LogP contribution in [0.3, 0.4) is 0 Å². The second-order valence-electron chi connectivity index (χ2n) is 11.7. The zero-order valence-electron chi connectivity index (χ0n) is 24.3. The van der Waals surface area contributed by atoms with Crippen LogP contribution in [0.2, 0.25) is 0 Å². The number of hydrogen-bond donors (Lipinski definition) is 3. The lowest BCUT2D eigenvalue weighted by atomic mass is 9.95. The first-order chi connectivity index (χ1) is 19.7. The van der Waals surface area contributed by atoms with E-state index < -0.39 is 0 Å². The van der Waals surface area contributed by atoms with Crippen LogP contribution in [0.15, 0.2) is 36.4 Å². The first-order valence-electron chi connectivity index (χ1n) is 14.8. The Balaban J connectivity index is 1.18. The van der Waals surface area contributed by atoms with Gasteiger partial charge in [-0.1, -0.05) is 38.0 Å². The van der Waals surface area contributed by atoms with Crippen molar-refractivity contribution < 1.29 is 20.1 Å². The number of aromatic nitrogens is 3. The van der Waals surface area contributed by atoms with Crippen molar-refractivity contribution in [3.63, 3.8) is 0 Å². The van der Waals surface area contributed by atoms with Gasteiger partial charge in [0, 0.05) is 64.8 Å². The number of piperazine rings is 1. The van der Waals surface area contributed by atoms with Gasteiger partial charge in [0.05, 0.1) is 11.3 Å². The van der Waals surface area contributed by atoms with Crippen LogP contribution >= 0.6 is 0 Å². The lowest BCUT2D eigenvalue weighted by molar-refractivity contribution is -0.132. The van der Waals surface area contributed by atoms with Crippen molar-refractivity contribution in [3.8, 4) is 34.6 Å². The Labute approximate surface area is 241 Å². The van der Waals surface area contributed by atoms with Crippen molar-refractivity contribution in [1.82, 2.24) is 29.5 Å². The number of rotatable bonds is 8. The zero-order valence-corrected chi connectivity index (χ0v) is 24.3. The third kappa shape index (κ3) is 6.49. The van der Waals surface area contributed by atoms with Gasteiger partial charge in [-0.2, -0.15) is 0 Å². The number of hydrogen-bond acceptors (Lipinski definition) is 8. The highest BCUT2D eigenvalue weighted by molar-refractivity contribution is 5.75. The minimum atomic E-state index is -0.273. The average Bonchev–Trinajstić information content (AvgIpc) is 3.35. The summed E-state index contributed by atoms with van der Waals surface area (Å²) in [5, 5.41) is 39.3. The van der Waals surface area contributed by atoms with Crippen LogP contribution in [-0.4, -0.2) is 96.5 Å². The summed E-state index contributed by atoms with van der Waals surface area (Å²) in [6, 6.07) is 10.7. The summed E-state index contributed by atoms with van der Waals surface area (Å²) in [6.45, 7) is 13.8. The van der Waals surface area contributed by atoms with E-state index in [0.717, 1.165) is 65.2 Å². The van der Waals surface area contributed by atoms with Gasteiger partial charge in [0.15, 0.2) is 5.82 Å². The number of aromatic hydroxyl groups is 3. The zero-order chi connectivity index (χ0) is 29.1. The maximum absolute atomic E-state index is 11.9. The molecule has 0 bridgehead atoms. The molecule has 1 amide bonds. The van der Waals surface area contributed by atoms with E-state index in [2.05, 4.69) is 20.0 Å². The molecule has 2 saturated heterocycles. The van der Waals surface area contributed by atoms with Crippen molar-refractivity contribution in [3.05, 3.63) is 47.5 Å². The predicted octanol–water partition coefficient (Wildman–Crippen LogP) is 3.94. The van der Waals surface area contributed by atoms with E-state index in [0.29, 0.717) is 35.0 Å². The molecule has 0 unspecified atom stereocenters. The summed E-state index contributed by atoms with van der Waals surface area (Å²) in [7, 11) is 0. The average molecular weight is 563 g/mol. The molecule has 2 aromatic carbocycles. The third-order valence-electron chi connectivity index (χ3n) is 8.51. The molecule has 0 atom stereocenters. The van der Waals surface area contributed by atoms with Gasteiger partial charge >= 0.3 is 6.01 Å². The van der Waals surface area contributed by atoms with E-state index >= 15 is 0 Å². The monoisotopic (exact) mass is 562 g/mol. The minimum absolute atomic E-state index is 0.0205. The van der Waals surface area contributed by atoms with Gasteiger partial charge < -0.3 is 25.1 Å². The number of likely N-dealkylation sites (tertiary alicyclic amines) is 1. The minimum Gasteiger partial charge on any atom is -0.508 e. The molecule has 0 saturated carbocycles. The van der Waals surface area contributed by atoms with Crippen molar-refractivity contribution in [2.24, 2.45) is 5.92 Å². The number of nitrogens with zero attached hydrogens (tertiary/aromatic N) is 6. The molecule has 0 spiro atoms. The maximum atomic E-state index is 11.9. The van der Waals surface area contributed by atoms with Gasteiger partial charge in [-0.3, -0.25) is 9.69 Å². The van der Waals surface area contributed by atoms with Crippen LogP contribution < -0.4 is 0 Å². The van der Waals surface area contributed by atoms with Gasteiger partial charge in [-0.25, -0.2) is 4.57 Å². The van der Waals surface area contributed by atoms with E-state index in [9.17, 15) is 20.1 Å². The Morgan fingerprint density at radius 1 is 0.902 bits per heavy atom. The first-order valence-corrected chi connectivity index (χ1v) is 14.8. The summed E-state index contributed by atoms with van der Waals surface area (Å²) >= 11 is 0. The third-order valence-corrected chi connectivity index (χ3v) is 8.51. The van der Waals surface area contributed by atoms with E-state index in [4.69, 9.17) is 0 Å². The van der Waals surface area contributed by atoms with E-state index in [1.54, 1.807) is 6.07 Å². The molecule has 0 radical (unpaired) electrons. The topological polar surface area (TPSA) is 118 Å². The van der Waals surface area contributed by atoms with Crippen LogP contribution in [0.4, 0.5) is 0 Å². The Bertz CT molecular complexity index is 1340. The molecule has 3 heterocycles. The molecule has 10 heteroatoms. The van der Waals surface area contributed by atoms with Gasteiger partial charge in [-0.05, 0) is 54.0 Å². The van der Waals surface area contributed by atoms with Crippen LogP contribution in [0.1, 0.15) is 57.1 Å². The first kappa shape index (κ1) is 28.9. The number of phenols is 2. The SMILES string of the molecule is CCC(=O)N1CCC(CN2CCN(Cc3ccc(-n4c(O)nnc4-c4cc(C(C)C)c(O)cc4O)cc3)CC2)CC1. The fraction of sp³-hybridized carbons (Fsp3) is 0.516. The molecule has 2 aliphatic heterocycles. The number of amides is 1. The molecule has 3 N–H and O–H groups in total. The summed E-state index contributed by atoms with van der Waals surface area (Å²) in [6.07, 6.45) is 2.81. The fourth-order valence-corrected chi connectivity index (χ4v) is 6.02. The van der Waals surface area contributed by atoms with E-state index in [-0.39, 0.29) is 29.3 Å². The van der Waals surface area contributed by atoms with Crippen LogP contribution in [0.5, 0.6) is 17.5 Å². The highest BCUT2D eigenvalue weighted by atomic mass is 16.3. The van der Waals surface area contributed by atoms with Crippen molar-refractivity contribution in [2.45, 2.75) is 52.5 Å². The normalized spacial score (nSPS) is 17.4. The standard InChI is InChI=1S/C31H42N6O4/c1-4-29(40)36-11-9-23(10-12-36)20-35-15-13-34(14-16-35)19-22-5-7-24(8-6-22)37-30(32-33-31(37)41)26-17-25(21(2)3)27(38)18-28(26)39/h5-8,17-18,21,23,38-39H,4,9-16,19-20H2,1-3H3,(H,33,41). The highest BCUT2D eigenvalue weighted by Crippen LogP contribution is 2.38. The number of carbonyl (C=O) groups is 1. The van der Waals surface area contributed by atoms with Gasteiger partial charge in [0.1, 0.15) is 11.5 Å².